The van der Waals surface area contributed by atoms with E-state index in [1.54, 1.807) is 7.11 Å². The molecule has 0 aliphatic carbocycles. The van der Waals surface area contributed by atoms with E-state index in [0.29, 0.717) is 6.61 Å². The van der Waals surface area contributed by atoms with Crippen LogP contribution in [0.15, 0.2) is 18.2 Å². The molecule has 0 saturated carbocycles. The molecule has 122 valence electrons. The summed E-state index contributed by atoms with van der Waals surface area (Å²) in [6.07, 6.45) is 2.14. The van der Waals surface area contributed by atoms with Gasteiger partial charge in [0.15, 0.2) is 0 Å². The monoisotopic (exact) mass is 306 g/mol. The third-order valence-electron chi connectivity index (χ3n) is 4.43. The second kappa shape index (κ2) is 6.51. The number of rotatable bonds is 6. The molecule has 1 heterocycles. The van der Waals surface area contributed by atoms with E-state index in [0.717, 1.165) is 29.8 Å². The number of hydrogen-bond acceptors (Lipinski definition) is 4. The number of unbranched alkanes of at least 4 members (excludes halogenated alkanes) is 1. The van der Waals surface area contributed by atoms with Gasteiger partial charge in [0.2, 0.25) is 0 Å². The van der Waals surface area contributed by atoms with E-state index < -0.39 is 7.12 Å². The second-order valence-corrected chi connectivity index (χ2v) is 6.73. The standard InChI is InChI=1S/C17H27BO4/c1-7-8-9-20-15-11-13(10-14(12-15)19-6)18-21-16(2,3)17(4,5)22-18/h10-12H,7-9H2,1-6H3. The van der Waals surface area contributed by atoms with E-state index >= 15 is 0 Å². The second-order valence-electron chi connectivity index (χ2n) is 6.73. The minimum absolute atomic E-state index is 0.357. The molecule has 0 amide bonds. The zero-order valence-electron chi connectivity index (χ0n) is 14.6. The summed E-state index contributed by atoms with van der Waals surface area (Å²) in [6.45, 7) is 11.0. The van der Waals surface area contributed by atoms with E-state index in [1.807, 2.05) is 45.9 Å². The molecule has 22 heavy (non-hydrogen) atoms. The van der Waals surface area contributed by atoms with Crippen LogP contribution in [0.4, 0.5) is 0 Å². The van der Waals surface area contributed by atoms with E-state index in [9.17, 15) is 0 Å². The molecule has 0 radical (unpaired) electrons. The Labute approximate surface area is 134 Å². The van der Waals surface area contributed by atoms with Gasteiger partial charge in [0.05, 0.1) is 24.9 Å². The predicted octanol–water partition coefficient (Wildman–Crippen LogP) is 3.17. The molecule has 1 aromatic carbocycles. The molecule has 0 atom stereocenters. The molecular weight excluding hydrogens is 279 g/mol. The minimum atomic E-state index is -0.409. The van der Waals surface area contributed by atoms with E-state index in [-0.39, 0.29) is 11.2 Å². The quantitative estimate of drug-likeness (QED) is 0.597. The van der Waals surface area contributed by atoms with Crippen LogP contribution >= 0.6 is 0 Å². The van der Waals surface area contributed by atoms with Crippen LogP contribution < -0.4 is 14.9 Å². The predicted molar refractivity (Wildman–Crippen MR) is 89.1 cm³/mol. The van der Waals surface area contributed by atoms with Gasteiger partial charge in [0.1, 0.15) is 11.5 Å². The van der Waals surface area contributed by atoms with Crippen LogP contribution in [0.5, 0.6) is 11.5 Å². The van der Waals surface area contributed by atoms with Gasteiger partial charge < -0.3 is 18.8 Å². The maximum Gasteiger partial charge on any atom is 0.495 e. The molecule has 5 heteroatoms. The number of benzene rings is 1. The highest BCUT2D eigenvalue weighted by atomic mass is 16.7. The van der Waals surface area contributed by atoms with Crippen molar-refractivity contribution in [3.05, 3.63) is 18.2 Å². The van der Waals surface area contributed by atoms with Crippen LogP contribution in [0, 0.1) is 0 Å². The van der Waals surface area contributed by atoms with Crippen LogP contribution in [0.25, 0.3) is 0 Å². The Morgan fingerprint density at radius 3 is 2.14 bits per heavy atom. The number of methoxy groups -OCH3 is 1. The first-order chi connectivity index (χ1) is 10.3. The smallest absolute Gasteiger partial charge is 0.495 e. The summed E-state index contributed by atoms with van der Waals surface area (Å²) < 4.78 is 23.4. The molecular formula is C17H27BO4. The first-order valence-corrected chi connectivity index (χ1v) is 7.96. The van der Waals surface area contributed by atoms with Gasteiger partial charge in [-0.3, -0.25) is 0 Å². The van der Waals surface area contributed by atoms with Crippen molar-refractivity contribution in [2.45, 2.75) is 58.7 Å². The lowest BCUT2D eigenvalue weighted by Gasteiger charge is -2.32. The summed E-state index contributed by atoms with van der Waals surface area (Å²) in [4.78, 5) is 0. The van der Waals surface area contributed by atoms with E-state index in [4.69, 9.17) is 18.8 Å². The van der Waals surface area contributed by atoms with Gasteiger partial charge >= 0.3 is 7.12 Å². The Bertz CT molecular complexity index is 497. The van der Waals surface area contributed by atoms with Crippen molar-refractivity contribution in [1.29, 1.82) is 0 Å². The van der Waals surface area contributed by atoms with Crippen molar-refractivity contribution in [2.75, 3.05) is 13.7 Å². The summed E-state index contributed by atoms with van der Waals surface area (Å²) in [5.41, 5.74) is 0.206. The summed E-state index contributed by atoms with van der Waals surface area (Å²) >= 11 is 0. The molecule has 1 aliphatic heterocycles. The zero-order valence-corrected chi connectivity index (χ0v) is 14.6. The molecule has 0 spiro atoms. The molecule has 0 aromatic heterocycles. The molecule has 4 nitrogen and oxygen atoms in total. The van der Waals surface area contributed by atoms with Crippen molar-refractivity contribution in [2.24, 2.45) is 0 Å². The van der Waals surface area contributed by atoms with Gasteiger partial charge in [-0.1, -0.05) is 13.3 Å². The van der Waals surface area contributed by atoms with Crippen LogP contribution in [0.3, 0.4) is 0 Å². The van der Waals surface area contributed by atoms with Crippen molar-refractivity contribution in [3.63, 3.8) is 0 Å². The Morgan fingerprint density at radius 2 is 1.59 bits per heavy atom. The Balaban J connectivity index is 2.22. The topological polar surface area (TPSA) is 36.9 Å². The lowest BCUT2D eigenvalue weighted by Crippen LogP contribution is -2.41. The first-order valence-electron chi connectivity index (χ1n) is 7.96. The largest absolute Gasteiger partial charge is 0.497 e. The van der Waals surface area contributed by atoms with Crippen LogP contribution in [0.2, 0.25) is 0 Å². The lowest BCUT2D eigenvalue weighted by molar-refractivity contribution is 0.00578. The first kappa shape index (κ1) is 17.2. The van der Waals surface area contributed by atoms with Crippen LogP contribution in [0.1, 0.15) is 47.5 Å². The summed E-state index contributed by atoms with van der Waals surface area (Å²) in [5.74, 6) is 1.54. The summed E-state index contributed by atoms with van der Waals surface area (Å²) in [5, 5.41) is 0. The highest BCUT2D eigenvalue weighted by Gasteiger charge is 2.51. The van der Waals surface area contributed by atoms with Crippen LogP contribution in [-0.4, -0.2) is 32.0 Å². The Morgan fingerprint density at radius 1 is 1.00 bits per heavy atom. The molecule has 1 aromatic rings. The average molecular weight is 306 g/mol. The van der Waals surface area contributed by atoms with E-state index in [1.165, 1.54) is 0 Å². The van der Waals surface area contributed by atoms with Crippen molar-refractivity contribution < 1.29 is 18.8 Å². The highest BCUT2D eigenvalue weighted by Crippen LogP contribution is 2.37. The highest BCUT2D eigenvalue weighted by molar-refractivity contribution is 6.62. The third-order valence-corrected chi connectivity index (χ3v) is 4.43. The van der Waals surface area contributed by atoms with Crippen molar-refractivity contribution >= 4 is 12.6 Å². The van der Waals surface area contributed by atoms with Crippen molar-refractivity contribution in [3.8, 4) is 11.5 Å². The Hall–Kier alpha value is -1.20. The van der Waals surface area contributed by atoms with Crippen molar-refractivity contribution in [1.82, 2.24) is 0 Å². The molecule has 0 N–H and O–H groups in total. The van der Waals surface area contributed by atoms with Gasteiger partial charge in [-0.25, -0.2) is 0 Å². The average Bonchev–Trinajstić information content (AvgIpc) is 2.67. The zero-order chi connectivity index (χ0) is 16.4. The summed E-state index contributed by atoms with van der Waals surface area (Å²) in [6, 6.07) is 5.81. The van der Waals surface area contributed by atoms with E-state index in [2.05, 4.69) is 6.92 Å². The number of ether oxygens (including phenoxy) is 2. The molecule has 0 unspecified atom stereocenters. The normalized spacial score (nSPS) is 19.3. The maximum absolute atomic E-state index is 6.10. The van der Waals surface area contributed by atoms with Crippen LogP contribution in [-0.2, 0) is 9.31 Å². The SMILES string of the molecule is CCCCOc1cc(OC)cc(B2OC(C)(C)C(C)(C)O2)c1. The molecule has 2 rings (SSSR count). The fraction of sp³-hybridized carbons (Fsp3) is 0.647. The van der Waals surface area contributed by atoms with Gasteiger partial charge in [-0.15, -0.1) is 0 Å². The molecule has 0 bridgehead atoms. The summed E-state index contributed by atoms with van der Waals surface area (Å²) in [7, 11) is 1.24. The fourth-order valence-corrected chi connectivity index (χ4v) is 2.24. The van der Waals surface area contributed by atoms with Gasteiger partial charge in [-0.2, -0.15) is 0 Å². The molecule has 1 aliphatic rings. The minimum Gasteiger partial charge on any atom is -0.497 e. The fourth-order valence-electron chi connectivity index (χ4n) is 2.24. The van der Waals surface area contributed by atoms with Gasteiger partial charge in [-0.05, 0) is 51.7 Å². The lowest BCUT2D eigenvalue weighted by atomic mass is 9.79. The molecule has 1 fully saturated rings. The molecule has 1 saturated heterocycles. The van der Waals surface area contributed by atoms with Gasteiger partial charge in [0.25, 0.3) is 0 Å². The van der Waals surface area contributed by atoms with Gasteiger partial charge in [0, 0.05) is 6.07 Å². The Kier molecular flexibility index (Phi) is 5.08. The number of hydrogen-bond donors (Lipinski definition) is 0. The maximum atomic E-state index is 6.10. The third kappa shape index (κ3) is 3.58.